The van der Waals surface area contributed by atoms with E-state index in [4.69, 9.17) is 14.6 Å². The normalized spacial score (nSPS) is 13.5. The van der Waals surface area contributed by atoms with Crippen molar-refractivity contribution in [2.24, 2.45) is 7.05 Å². The van der Waals surface area contributed by atoms with Crippen LogP contribution < -0.4 is 20.5 Å². The van der Waals surface area contributed by atoms with E-state index in [-0.39, 0.29) is 11.6 Å². The Labute approximate surface area is 198 Å². The van der Waals surface area contributed by atoms with Crippen molar-refractivity contribution in [3.8, 4) is 23.6 Å². The van der Waals surface area contributed by atoms with Crippen LogP contribution in [0.25, 0.3) is 11.2 Å². The number of aromatic nitrogens is 4. The van der Waals surface area contributed by atoms with E-state index < -0.39 is 12.1 Å². The summed E-state index contributed by atoms with van der Waals surface area (Å²) in [5, 5.41) is 10.5. The summed E-state index contributed by atoms with van der Waals surface area (Å²) < 4.78 is 40.8. The summed E-state index contributed by atoms with van der Waals surface area (Å²) in [5.74, 6) is 4.52. The number of hydrogen-bond acceptors (Lipinski definition) is 7. The fraction of sp³-hybridized carbons (Fsp3) is 0.364. The molecule has 1 aromatic carbocycles. The molecule has 0 spiro atoms. The molecule has 3 heterocycles. The molecular weight excluding hydrogens is 469 g/mol. The molecule has 186 valence electrons. The number of benzene rings is 1. The van der Waals surface area contributed by atoms with E-state index in [2.05, 4.69) is 32.0 Å². The van der Waals surface area contributed by atoms with E-state index >= 15 is 0 Å². The molecule has 0 saturated carbocycles. The van der Waals surface area contributed by atoms with Gasteiger partial charge in [0.25, 0.3) is 5.56 Å². The first-order valence-corrected chi connectivity index (χ1v) is 10.5. The molecule has 1 aliphatic rings. The molecule has 35 heavy (non-hydrogen) atoms. The minimum atomic E-state index is -5.08. The van der Waals surface area contributed by atoms with Gasteiger partial charge >= 0.3 is 18.2 Å². The monoisotopic (exact) mass is 492 g/mol. The van der Waals surface area contributed by atoms with Gasteiger partial charge in [0.2, 0.25) is 5.95 Å². The number of aliphatic carboxylic acids is 1. The number of rotatable bonds is 4. The Balaban J connectivity index is 0.000000429. The predicted octanol–water partition coefficient (Wildman–Crippen LogP) is 1.99. The van der Waals surface area contributed by atoms with Crippen molar-refractivity contribution in [2.45, 2.75) is 19.6 Å². The summed E-state index contributed by atoms with van der Waals surface area (Å²) in [6.45, 7) is 5.55. The van der Waals surface area contributed by atoms with Gasteiger partial charge in [-0.15, -0.1) is 5.92 Å². The smallest absolute Gasteiger partial charge is 0.475 e. The zero-order valence-corrected chi connectivity index (χ0v) is 19.0. The molecule has 1 saturated heterocycles. The van der Waals surface area contributed by atoms with Gasteiger partial charge in [0.15, 0.2) is 11.2 Å². The van der Waals surface area contributed by atoms with Crippen molar-refractivity contribution < 1.29 is 27.8 Å². The molecule has 2 N–H and O–H groups in total. The first kappa shape index (κ1) is 25.6. The third-order valence-electron chi connectivity index (χ3n) is 4.93. The molecule has 10 nitrogen and oxygen atoms in total. The maximum absolute atomic E-state index is 13.1. The Kier molecular flexibility index (Phi) is 7.98. The van der Waals surface area contributed by atoms with Crippen molar-refractivity contribution in [3.05, 3.63) is 40.7 Å². The van der Waals surface area contributed by atoms with Gasteiger partial charge in [-0.1, -0.05) is 24.1 Å². The number of imidazole rings is 1. The lowest BCUT2D eigenvalue weighted by Crippen LogP contribution is -2.44. The van der Waals surface area contributed by atoms with Crippen LogP contribution in [0.3, 0.4) is 0 Å². The fourth-order valence-corrected chi connectivity index (χ4v) is 3.23. The van der Waals surface area contributed by atoms with Crippen LogP contribution in [0.5, 0.6) is 11.8 Å². The summed E-state index contributed by atoms with van der Waals surface area (Å²) in [7, 11) is 1.65. The SMILES string of the molecule is CC#CCn1c(N2CCNCC2)nc2nc(Oc3ccccc3)n(C)c(=O)c21.O=C(O)C(F)(F)F. The zero-order valence-electron chi connectivity index (χ0n) is 19.0. The van der Waals surface area contributed by atoms with Crippen molar-refractivity contribution in [1.29, 1.82) is 0 Å². The van der Waals surface area contributed by atoms with Gasteiger partial charge in [-0.2, -0.15) is 23.1 Å². The molecular formula is C22H23F3N6O4. The van der Waals surface area contributed by atoms with Gasteiger partial charge in [0.05, 0.1) is 6.54 Å². The van der Waals surface area contributed by atoms with E-state index in [0.717, 1.165) is 32.1 Å². The van der Waals surface area contributed by atoms with Gasteiger partial charge in [-0.3, -0.25) is 13.9 Å². The Morgan fingerprint density at radius 1 is 1.20 bits per heavy atom. The van der Waals surface area contributed by atoms with E-state index in [0.29, 0.717) is 23.5 Å². The average molecular weight is 492 g/mol. The molecule has 13 heteroatoms. The second-order valence-corrected chi connectivity index (χ2v) is 7.31. The lowest BCUT2D eigenvalue weighted by atomic mass is 10.3. The summed E-state index contributed by atoms with van der Waals surface area (Å²) in [6, 6.07) is 9.48. The average Bonchev–Trinajstić information content (AvgIpc) is 3.20. The molecule has 4 rings (SSSR count). The van der Waals surface area contributed by atoms with Crippen LogP contribution in [-0.2, 0) is 18.4 Å². The summed E-state index contributed by atoms with van der Waals surface area (Å²) in [4.78, 5) is 33.4. The third-order valence-corrected chi connectivity index (χ3v) is 4.93. The summed E-state index contributed by atoms with van der Waals surface area (Å²) in [6.07, 6.45) is -5.08. The van der Waals surface area contributed by atoms with Crippen molar-refractivity contribution >= 4 is 23.1 Å². The lowest BCUT2D eigenvalue weighted by Gasteiger charge is -2.28. The Morgan fingerprint density at radius 3 is 2.40 bits per heavy atom. The van der Waals surface area contributed by atoms with Crippen LogP contribution in [-0.4, -0.2) is 62.5 Å². The number of anilines is 1. The number of nitrogens with zero attached hydrogens (tertiary/aromatic N) is 5. The van der Waals surface area contributed by atoms with Gasteiger partial charge in [-0.05, 0) is 19.1 Å². The molecule has 1 aliphatic heterocycles. The highest BCUT2D eigenvalue weighted by Gasteiger charge is 2.38. The Bertz CT molecular complexity index is 1300. The number of hydrogen-bond donors (Lipinski definition) is 2. The fourth-order valence-electron chi connectivity index (χ4n) is 3.23. The molecule has 0 unspecified atom stereocenters. The number of halogens is 3. The van der Waals surface area contributed by atoms with E-state index in [1.54, 1.807) is 14.0 Å². The second-order valence-electron chi connectivity index (χ2n) is 7.31. The van der Waals surface area contributed by atoms with Crippen molar-refractivity contribution in [1.82, 2.24) is 24.4 Å². The van der Waals surface area contributed by atoms with E-state index in [1.165, 1.54) is 4.57 Å². The van der Waals surface area contributed by atoms with Crippen LogP contribution in [0.1, 0.15) is 6.92 Å². The maximum atomic E-state index is 13.1. The topological polar surface area (TPSA) is 115 Å². The van der Waals surface area contributed by atoms with Crippen LogP contribution >= 0.6 is 0 Å². The molecule has 0 aliphatic carbocycles. The third kappa shape index (κ3) is 6.10. The standard InChI is InChI=1S/C20H22N6O2.C2HF3O2/c1-3-4-12-26-16-17(22-19(26)25-13-10-21-11-14-25)23-20(24(2)18(16)27)28-15-8-6-5-7-9-15;3-2(4,5)1(6)7/h5-9,21H,10-14H2,1-2H3;(H,6,7). The largest absolute Gasteiger partial charge is 0.490 e. The highest BCUT2D eigenvalue weighted by molar-refractivity contribution is 5.75. The lowest BCUT2D eigenvalue weighted by molar-refractivity contribution is -0.192. The summed E-state index contributed by atoms with van der Waals surface area (Å²) >= 11 is 0. The number of alkyl halides is 3. The van der Waals surface area contributed by atoms with Crippen LogP contribution in [0.4, 0.5) is 19.1 Å². The number of ether oxygens (including phenoxy) is 1. The highest BCUT2D eigenvalue weighted by Crippen LogP contribution is 2.23. The Morgan fingerprint density at radius 2 is 1.83 bits per heavy atom. The summed E-state index contributed by atoms with van der Waals surface area (Å²) in [5.41, 5.74) is 0.613. The second kappa shape index (κ2) is 10.9. The number of carbonyl (C=O) groups is 1. The molecule has 1 fully saturated rings. The minimum Gasteiger partial charge on any atom is -0.475 e. The first-order chi connectivity index (χ1) is 16.6. The Hall–Kier alpha value is -4.05. The highest BCUT2D eigenvalue weighted by atomic mass is 19.4. The minimum absolute atomic E-state index is 0.206. The van der Waals surface area contributed by atoms with Gasteiger partial charge in [0, 0.05) is 33.2 Å². The molecule has 0 bridgehead atoms. The quantitative estimate of drug-likeness (QED) is 0.532. The molecule has 0 radical (unpaired) electrons. The number of carboxylic acids is 1. The number of para-hydroxylation sites is 1. The van der Waals surface area contributed by atoms with Crippen LogP contribution in [0, 0.1) is 11.8 Å². The number of nitrogens with one attached hydrogen (secondary N) is 1. The number of carboxylic acid groups (broad SMARTS) is 1. The molecule has 3 aromatic rings. The van der Waals surface area contributed by atoms with E-state index in [1.807, 2.05) is 34.9 Å². The predicted molar refractivity (Wildman–Crippen MR) is 122 cm³/mol. The number of piperazine rings is 1. The van der Waals surface area contributed by atoms with Crippen LogP contribution in [0.15, 0.2) is 35.1 Å². The van der Waals surface area contributed by atoms with Crippen molar-refractivity contribution in [3.63, 3.8) is 0 Å². The molecule has 0 amide bonds. The molecule has 0 atom stereocenters. The van der Waals surface area contributed by atoms with Gasteiger partial charge in [0.1, 0.15) is 5.75 Å². The van der Waals surface area contributed by atoms with Gasteiger partial charge in [-0.25, -0.2) is 4.79 Å². The molecule has 2 aromatic heterocycles. The first-order valence-electron chi connectivity index (χ1n) is 10.5. The van der Waals surface area contributed by atoms with Gasteiger partial charge < -0.3 is 20.1 Å². The number of fused-ring (bicyclic) bond motifs is 1. The van der Waals surface area contributed by atoms with Crippen molar-refractivity contribution in [2.75, 3.05) is 31.1 Å². The maximum Gasteiger partial charge on any atom is 0.490 e. The van der Waals surface area contributed by atoms with E-state index in [9.17, 15) is 18.0 Å². The van der Waals surface area contributed by atoms with Crippen LogP contribution in [0.2, 0.25) is 0 Å². The zero-order chi connectivity index (χ0) is 25.6.